The first-order valence-electron chi connectivity index (χ1n) is 5.51. The zero-order valence-electron chi connectivity index (χ0n) is 10.7. The molecule has 22 heavy (non-hydrogen) atoms. The molecule has 0 saturated heterocycles. The summed E-state index contributed by atoms with van der Waals surface area (Å²) in [5.74, 6) is -0.949. The van der Waals surface area contributed by atoms with Crippen LogP contribution in [0.5, 0.6) is 0 Å². The predicted molar refractivity (Wildman–Crippen MR) is 72.4 cm³/mol. The molecule has 0 spiro atoms. The van der Waals surface area contributed by atoms with Crippen LogP contribution in [0.1, 0.15) is 5.69 Å². The van der Waals surface area contributed by atoms with E-state index < -0.39 is 28.4 Å². The molecule has 0 aliphatic heterocycles. The predicted octanol–water partition coefficient (Wildman–Crippen LogP) is 5.49. The van der Waals surface area contributed by atoms with Crippen molar-refractivity contribution in [2.45, 2.75) is 6.18 Å². The van der Waals surface area contributed by atoms with Gasteiger partial charge in [-0.1, -0.05) is 28.3 Å². The van der Waals surface area contributed by atoms with Crippen molar-refractivity contribution in [3.05, 3.63) is 44.1 Å². The minimum atomic E-state index is -4.76. The third-order valence-corrected chi connectivity index (χ3v) is 3.36. The van der Waals surface area contributed by atoms with Gasteiger partial charge < -0.3 is 0 Å². The normalized spacial score (nSPS) is 11.4. The Kier molecular flexibility index (Phi) is 4.23. The van der Waals surface area contributed by atoms with Gasteiger partial charge >= 0.3 is 6.18 Å². The number of aryl methyl sites for hydroxylation is 1. The Labute approximate surface area is 130 Å². The third-order valence-electron chi connectivity index (χ3n) is 2.70. The van der Waals surface area contributed by atoms with Crippen LogP contribution in [0.15, 0.2) is 17.2 Å². The van der Waals surface area contributed by atoms with Gasteiger partial charge in [-0.3, -0.25) is 4.68 Å². The Balaban J connectivity index is 2.73. The summed E-state index contributed by atoms with van der Waals surface area (Å²) in [5, 5.41) is 5.86. The maximum Gasteiger partial charge on any atom is 0.434 e. The summed E-state index contributed by atoms with van der Waals surface area (Å²) >= 11 is 11.4. The molecule has 1 heterocycles. The minimum Gasteiger partial charge on any atom is -0.262 e. The molecule has 11 heteroatoms. The summed E-state index contributed by atoms with van der Waals surface area (Å²) < 4.78 is 53.1. The average molecular weight is 354 g/mol. The summed E-state index contributed by atoms with van der Waals surface area (Å²) in [6, 6.07) is 1.78. The Bertz CT molecular complexity index is 793. The third kappa shape index (κ3) is 2.83. The fourth-order valence-electron chi connectivity index (χ4n) is 1.82. The van der Waals surface area contributed by atoms with E-state index >= 15 is 0 Å². The van der Waals surface area contributed by atoms with Gasteiger partial charge in [0.25, 0.3) is 0 Å². The zero-order chi connectivity index (χ0) is 16.7. The molecule has 0 fully saturated rings. The monoisotopic (exact) mass is 353 g/mol. The van der Waals surface area contributed by atoms with Gasteiger partial charge in [-0.25, -0.2) is 4.39 Å². The second kappa shape index (κ2) is 5.68. The first kappa shape index (κ1) is 16.4. The maximum atomic E-state index is 14.0. The van der Waals surface area contributed by atoms with Crippen LogP contribution in [0, 0.1) is 5.82 Å². The number of alkyl halides is 3. The van der Waals surface area contributed by atoms with Crippen molar-refractivity contribution < 1.29 is 17.6 Å². The molecule has 1 aromatic carbocycles. The zero-order valence-corrected chi connectivity index (χ0v) is 12.2. The van der Waals surface area contributed by atoms with Crippen LogP contribution in [0.3, 0.4) is 0 Å². The molecule has 5 nitrogen and oxygen atoms in total. The topological polar surface area (TPSA) is 66.6 Å². The first-order valence-corrected chi connectivity index (χ1v) is 6.26. The lowest BCUT2D eigenvalue weighted by Gasteiger charge is -2.06. The first-order chi connectivity index (χ1) is 10.2. The quantitative estimate of drug-likeness (QED) is 0.304. The van der Waals surface area contributed by atoms with Crippen molar-refractivity contribution in [3.8, 4) is 11.3 Å². The van der Waals surface area contributed by atoms with Crippen molar-refractivity contribution in [2.24, 2.45) is 12.2 Å². The summed E-state index contributed by atoms with van der Waals surface area (Å²) in [6.07, 6.45) is -4.76. The number of benzene rings is 1. The van der Waals surface area contributed by atoms with Crippen LogP contribution in [0.25, 0.3) is 21.7 Å². The van der Waals surface area contributed by atoms with E-state index in [1.165, 1.54) is 0 Å². The highest BCUT2D eigenvalue weighted by atomic mass is 35.5. The van der Waals surface area contributed by atoms with Crippen molar-refractivity contribution in [2.75, 3.05) is 0 Å². The van der Waals surface area contributed by atoms with Crippen LogP contribution in [-0.2, 0) is 13.2 Å². The molecule has 0 amide bonds. The highest BCUT2D eigenvalue weighted by Crippen LogP contribution is 2.41. The molecule has 0 aliphatic rings. The molecular formula is C11H5Cl2F4N5. The fraction of sp³-hybridized carbons (Fsp3) is 0.182. The standard InChI is InChI=1S/C11H5Cl2F4N5/c1-22-10(11(15,16)17)8(13)9(20-22)4-2-7(19-21-18)5(12)3-6(4)14/h2-3H,1H3. The van der Waals surface area contributed by atoms with Gasteiger partial charge in [0, 0.05) is 17.5 Å². The Morgan fingerprint density at radius 2 is 1.95 bits per heavy atom. The number of halogens is 6. The summed E-state index contributed by atoms with van der Waals surface area (Å²) in [5.41, 5.74) is 6.23. The summed E-state index contributed by atoms with van der Waals surface area (Å²) in [4.78, 5) is 2.50. The van der Waals surface area contributed by atoms with E-state index in [-0.39, 0.29) is 16.3 Å². The molecule has 0 unspecified atom stereocenters. The van der Waals surface area contributed by atoms with E-state index in [1.807, 2.05) is 0 Å². The van der Waals surface area contributed by atoms with Gasteiger partial charge in [-0.15, -0.1) is 0 Å². The second-order valence-corrected chi connectivity index (χ2v) is 4.89. The Morgan fingerprint density at radius 1 is 1.32 bits per heavy atom. The van der Waals surface area contributed by atoms with E-state index in [0.29, 0.717) is 4.68 Å². The molecule has 116 valence electrons. The number of hydrogen-bond acceptors (Lipinski definition) is 2. The Morgan fingerprint density at radius 3 is 2.45 bits per heavy atom. The van der Waals surface area contributed by atoms with Gasteiger partial charge in [0.1, 0.15) is 11.5 Å². The number of nitrogens with zero attached hydrogens (tertiary/aromatic N) is 5. The molecule has 0 atom stereocenters. The molecule has 1 aromatic heterocycles. The van der Waals surface area contributed by atoms with Gasteiger partial charge in [0.2, 0.25) is 0 Å². The van der Waals surface area contributed by atoms with Crippen LogP contribution in [-0.4, -0.2) is 9.78 Å². The van der Waals surface area contributed by atoms with Crippen LogP contribution in [0.4, 0.5) is 23.2 Å². The molecule has 0 aliphatic carbocycles. The molecule has 0 bridgehead atoms. The largest absolute Gasteiger partial charge is 0.434 e. The Hall–Kier alpha value is -1.96. The van der Waals surface area contributed by atoms with E-state index in [9.17, 15) is 17.6 Å². The van der Waals surface area contributed by atoms with Crippen LogP contribution < -0.4 is 0 Å². The molecular weight excluding hydrogens is 349 g/mol. The molecule has 0 radical (unpaired) electrons. The maximum absolute atomic E-state index is 14.0. The summed E-state index contributed by atoms with van der Waals surface area (Å²) in [7, 11) is 1.03. The molecule has 0 saturated carbocycles. The van der Waals surface area contributed by atoms with E-state index in [2.05, 4.69) is 15.1 Å². The highest BCUT2D eigenvalue weighted by Gasteiger charge is 2.39. The summed E-state index contributed by atoms with van der Waals surface area (Å²) in [6.45, 7) is 0. The smallest absolute Gasteiger partial charge is 0.262 e. The second-order valence-electron chi connectivity index (χ2n) is 4.11. The highest BCUT2D eigenvalue weighted by molar-refractivity contribution is 6.34. The van der Waals surface area contributed by atoms with E-state index in [1.54, 1.807) is 0 Å². The van der Waals surface area contributed by atoms with E-state index in [4.69, 9.17) is 28.7 Å². The van der Waals surface area contributed by atoms with Crippen molar-refractivity contribution in [1.29, 1.82) is 0 Å². The molecule has 2 aromatic rings. The van der Waals surface area contributed by atoms with Gasteiger partial charge in [-0.2, -0.15) is 18.3 Å². The van der Waals surface area contributed by atoms with Crippen LogP contribution >= 0.6 is 23.2 Å². The molecule has 0 N–H and O–H groups in total. The lowest BCUT2D eigenvalue weighted by molar-refractivity contribution is -0.143. The SMILES string of the molecule is Cn1nc(-c2cc(N=[N+]=[N-])c(Cl)cc2F)c(Cl)c1C(F)(F)F. The van der Waals surface area contributed by atoms with Crippen molar-refractivity contribution >= 4 is 28.9 Å². The lowest BCUT2D eigenvalue weighted by Crippen LogP contribution is -2.12. The number of aromatic nitrogens is 2. The average Bonchev–Trinajstić information content (AvgIpc) is 2.67. The van der Waals surface area contributed by atoms with Crippen molar-refractivity contribution in [1.82, 2.24) is 9.78 Å². The lowest BCUT2D eigenvalue weighted by atomic mass is 10.1. The fourth-order valence-corrected chi connectivity index (χ4v) is 2.38. The minimum absolute atomic E-state index is 0.157. The van der Waals surface area contributed by atoms with Gasteiger partial charge in [0.05, 0.1) is 15.7 Å². The number of azide groups is 1. The number of hydrogen-bond donors (Lipinski definition) is 0. The van der Waals surface area contributed by atoms with Gasteiger partial charge in [0.15, 0.2) is 5.69 Å². The van der Waals surface area contributed by atoms with E-state index in [0.717, 1.165) is 19.2 Å². The van der Waals surface area contributed by atoms with Crippen LogP contribution in [0.2, 0.25) is 10.0 Å². The number of rotatable bonds is 2. The van der Waals surface area contributed by atoms with Gasteiger partial charge in [-0.05, 0) is 17.7 Å². The molecule has 2 rings (SSSR count). The van der Waals surface area contributed by atoms with Crippen molar-refractivity contribution in [3.63, 3.8) is 0 Å².